The molecular formula is C14H21N3. The van der Waals surface area contributed by atoms with Crippen LogP contribution in [0.4, 0.5) is 0 Å². The van der Waals surface area contributed by atoms with E-state index >= 15 is 0 Å². The van der Waals surface area contributed by atoms with Gasteiger partial charge in [-0.15, -0.1) is 0 Å². The standard InChI is InChI=1S/C14H21N3/c1-8(2)12-10(5)11-7-15-13(9(3)4)16-14(11)17(12)6/h7-9H,1-6H3. The first kappa shape index (κ1) is 12.1. The van der Waals surface area contributed by atoms with Gasteiger partial charge in [0, 0.05) is 30.2 Å². The molecule has 0 aromatic carbocycles. The molecule has 17 heavy (non-hydrogen) atoms. The fraction of sp³-hybridized carbons (Fsp3) is 0.571. The zero-order valence-electron chi connectivity index (χ0n) is 11.6. The summed E-state index contributed by atoms with van der Waals surface area (Å²) in [5.41, 5.74) is 3.73. The van der Waals surface area contributed by atoms with Crippen molar-refractivity contribution < 1.29 is 0 Å². The van der Waals surface area contributed by atoms with E-state index in [4.69, 9.17) is 0 Å². The van der Waals surface area contributed by atoms with Gasteiger partial charge in [0.25, 0.3) is 0 Å². The van der Waals surface area contributed by atoms with Gasteiger partial charge in [-0.25, -0.2) is 9.97 Å². The average molecular weight is 231 g/mol. The van der Waals surface area contributed by atoms with Crippen LogP contribution >= 0.6 is 0 Å². The van der Waals surface area contributed by atoms with Crippen molar-refractivity contribution in [2.75, 3.05) is 0 Å². The molecule has 0 unspecified atom stereocenters. The van der Waals surface area contributed by atoms with Gasteiger partial charge in [-0.3, -0.25) is 0 Å². The fourth-order valence-corrected chi connectivity index (χ4v) is 2.51. The summed E-state index contributed by atoms with van der Waals surface area (Å²) < 4.78 is 2.21. The van der Waals surface area contributed by atoms with E-state index < -0.39 is 0 Å². The van der Waals surface area contributed by atoms with Crippen LogP contribution in [0.25, 0.3) is 11.0 Å². The Balaban J connectivity index is 2.75. The van der Waals surface area contributed by atoms with E-state index in [0.29, 0.717) is 11.8 Å². The number of nitrogens with zero attached hydrogens (tertiary/aromatic N) is 3. The summed E-state index contributed by atoms with van der Waals surface area (Å²) in [5.74, 6) is 1.81. The lowest BCUT2D eigenvalue weighted by molar-refractivity contribution is 0.734. The molecule has 0 N–H and O–H groups in total. The van der Waals surface area contributed by atoms with Crippen LogP contribution < -0.4 is 0 Å². The maximum absolute atomic E-state index is 4.69. The van der Waals surface area contributed by atoms with Gasteiger partial charge >= 0.3 is 0 Å². The molecule has 0 aliphatic carbocycles. The van der Waals surface area contributed by atoms with Gasteiger partial charge in [0.05, 0.1) is 0 Å². The van der Waals surface area contributed by atoms with Gasteiger partial charge in [0.15, 0.2) is 0 Å². The van der Waals surface area contributed by atoms with E-state index in [1.807, 2.05) is 6.20 Å². The highest BCUT2D eigenvalue weighted by Gasteiger charge is 2.16. The molecule has 0 amide bonds. The van der Waals surface area contributed by atoms with Crippen LogP contribution in [0.1, 0.15) is 56.6 Å². The monoisotopic (exact) mass is 231 g/mol. The van der Waals surface area contributed by atoms with Crippen LogP contribution in [-0.4, -0.2) is 14.5 Å². The molecule has 0 aliphatic heterocycles. The molecule has 92 valence electrons. The first-order chi connectivity index (χ1) is 7.93. The summed E-state index contributed by atoms with van der Waals surface area (Å²) in [7, 11) is 2.10. The number of hydrogen-bond donors (Lipinski definition) is 0. The lowest BCUT2D eigenvalue weighted by Gasteiger charge is -2.08. The quantitative estimate of drug-likeness (QED) is 0.791. The lowest BCUT2D eigenvalue weighted by Crippen LogP contribution is -2.02. The zero-order chi connectivity index (χ0) is 12.7. The van der Waals surface area contributed by atoms with Crippen LogP contribution in [0.2, 0.25) is 0 Å². The molecule has 0 spiro atoms. The minimum Gasteiger partial charge on any atom is -0.332 e. The Morgan fingerprint density at radius 1 is 1.12 bits per heavy atom. The normalized spacial score (nSPS) is 12.0. The average Bonchev–Trinajstić information content (AvgIpc) is 2.51. The molecule has 0 bridgehead atoms. The van der Waals surface area contributed by atoms with E-state index in [2.05, 4.69) is 56.2 Å². The second-order valence-electron chi connectivity index (χ2n) is 5.34. The van der Waals surface area contributed by atoms with Gasteiger partial charge in [-0.05, 0) is 18.4 Å². The second kappa shape index (κ2) is 4.13. The number of rotatable bonds is 2. The number of aryl methyl sites for hydroxylation is 2. The molecule has 0 fully saturated rings. The van der Waals surface area contributed by atoms with E-state index in [1.54, 1.807) is 0 Å². The van der Waals surface area contributed by atoms with Gasteiger partial charge < -0.3 is 4.57 Å². The fourth-order valence-electron chi connectivity index (χ4n) is 2.51. The number of hydrogen-bond acceptors (Lipinski definition) is 2. The second-order valence-corrected chi connectivity index (χ2v) is 5.34. The SMILES string of the molecule is Cc1c(C(C)C)n(C)c2nc(C(C)C)ncc12. The third kappa shape index (κ3) is 1.84. The Labute approximate surface area is 103 Å². The molecule has 3 heteroatoms. The zero-order valence-corrected chi connectivity index (χ0v) is 11.6. The summed E-state index contributed by atoms with van der Waals surface area (Å²) in [6, 6.07) is 0. The van der Waals surface area contributed by atoms with Crippen LogP contribution in [0.15, 0.2) is 6.20 Å². The molecule has 0 atom stereocenters. The van der Waals surface area contributed by atoms with E-state index in [0.717, 1.165) is 11.5 Å². The highest BCUT2D eigenvalue weighted by molar-refractivity contribution is 5.81. The summed E-state index contributed by atoms with van der Waals surface area (Å²) in [4.78, 5) is 9.15. The van der Waals surface area contributed by atoms with Crippen molar-refractivity contribution in [2.24, 2.45) is 7.05 Å². The molecule has 3 nitrogen and oxygen atoms in total. The molecule has 0 aliphatic rings. The van der Waals surface area contributed by atoms with Crippen molar-refractivity contribution in [2.45, 2.75) is 46.5 Å². The van der Waals surface area contributed by atoms with Gasteiger partial charge in [-0.2, -0.15) is 0 Å². The van der Waals surface area contributed by atoms with Gasteiger partial charge in [0.1, 0.15) is 11.5 Å². The van der Waals surface area contributed by atoms with Crippen LogP contribution in [0.3, 0.4) is 0 Å². The van der Waals surface area contributed by atoms with Gasteiger partial charge in [-0.1, -0.05) is 27.7 Å². The summed E-state index contributed by atoms with van der Waals surface area (Å²) in [5, 5.41) is 1.18. The van der Waals surface area contributed by atoms with E-state index in [-0.39, 0.29) is 0 Å². The van der Waals surface area contributed by atoms with E-state index in [9.17, 15) is 0 Å². The Bertz CT molecular complexity index is 550. The maximum Gasteiger partial charge on any atom is 0.143 e. The number of fused-ring (bicyclic) bond motifs is 1. The summed E-state index contributed by atoms with van der Waals surface area (Å²) in [6.45, 7) is 10.9. The van der Waals surface area contributed by atoms with Crippen LogP contribution in [-0.2, 0) is 7.05 Å². The Hall–Kier alpha value is -1.38. The van der Waals surface area contributed by atoms with Crippen molar-refractivity contribution in [1.29, 1.82) is 0 Å². The topological polar surface area (TPSA) is 30.7 Å². The molecule has 0 saturated carbocycles. The lowest BCUT2D eigenvalue weighted by atomic mass is 10.1. The third-order valence-corrected chi connectivity index (χ3v) is 3.32. The minimum absolute atomic E-state index is 0.372. The number of aromatic nitrogens is 3. The molecule has 0 radical (unpaired) electrons. The van der Waals surface area contributed by atoms with Gasteiger partial charge in [0.2, 0.25) is 0 Å². The summed E-state index contributed by atoms with van der Waals surface area (Å²) in [6.07, 6.45) is 1.97. The van der Waals surface area contributed by atoms with Crippen molar-refractivity contribution in [3.8, 4) is 0 Å². The Kier molecular flexibility index (Phi) is 2.94. The first-order valence-corrected chi connectivity index (χ1v) is 6.25. The molecule has 2 aromatic rings. The molecular weight excluding hydrogens is 210 g/mol. The maximum atomic E-state index is 4.69. The molecule has 0 saturated heterocycles. The molecule has 2 heterocycles. The Morgan fingerprint density at radius 3 is 2.29 bits per heavy atom. The predicted molar refractivity (Wildman–Crippen MR) is 71.4 cm³/mol. The summed E-state index contributed by atoms with van der Waals surface area (Å²) >= 11 is 0. The Morgan fingerprint density at radius 2 is 1.76 bits per heavy atom. The minimum atomic E-state index is 0.372. The highest BCUT2D eigenvalue weighted by atomic mass is 15.1. The molecule has 2 rings (SSSR count). The predicted octanol–water partition coefficient (Wildman–Crippen LogP) is 3.52. The van der Waals surface area contributed by atoms with Crippen LogP contribution in [0.5, 0.6) is 0 Å². The largest absolute Gasteiger partial charge is 0.332 e. The molecule has 2 aromatic heterocycles. The first-order valence-electron chi connectivity index (χ1n) is 6.25. The van der Waals surface area contributed by atoms with Crippen molar-refractivity contribution >= 4 is 11.0 Å². The highest BCUT2D eigenvalue weighted by Crippen LogP contribution is 2.28. The van der Waals surface area contributed by atoms with Crippen molar-refractivity contribution in [3.05, 3.63) is 23.3 Å². The van der Waals surface area contributed by atoms with Crippen molar-refractivity contribution in [1.82, 2.24) is 14.5 Å². The van der Waals surface area contributed by atoms with Crippen molar-refractivity contribution in [3.63, 3.8) is 0 Å². The third-order valence-electron chi connectivity index (χ3n) is 3.32. The van der Waals surface area contributed by atoms with Crippen LogP contribution in [0, 0.1) is 6.92 Å². The smallest absolute Gasteiger partial charge is 0.143 e. The van der Waals surface area contributed by atoms with E-state index in [1.165, 1.54) is 16.6 Å².